The highest BCUT2D eigenvalue weighted by molar-refractivity contribution is 5.97. The van der Waals surface area contributed by atoms with E-state index < -0.39 is 80.2 Å². The maximum absolute atomic E-state index is 13.8. The van der Waals surface area contributed by atoms with Crippen molar-refractivity contribution in [2.75, 3.05) is 20.2 Å². The van der Waals surface area contributed by atoms with Crippen LogP contribution in [-0.4, -0.2) is 52.9 Å². The van der Waals surface area contributed by atoms with Crippen molar-refractivity contribution in [2.45, 2.75) is 18.5 Å². The van der Waals surface area contributed by atoms with Gasteiger partial charge >= 0.3 is 0 Å². The third kappa shape index (κ3) is 2.24. The van der Waals surface area contributed by atoms with Gasteiger partial charge in [-0.3, -0.25) is 9.59 Å². The van der Waals surface area contributed by atoms with Crippen LogP contribution in [0.25, 0.3) is 10.9 Å². The summed E-state index contributed by atoms with van der Waals surface area (Å²) in [6, 6.07) is -2.67. The summed E-state index contributed by atoms with van der Waals surface area (Å²) in [7, 11) is 0. The molecule has 2 amide bonds. The minimum atomic E-state index is -3.50. The third-order valence-corrected chi connectivity index (χ3v) is 5.06. The number of hydrogen-bond acceptors (Lipinski definition) is 4. The van der Waals surface area contributed by atoms with E-state index in [1.165, 1.54) is 18.2 Å². The molecule has 3 aliphatic rings. The number of aromatic nitrogens is 1. The highest BCUT2D eigenvalue weighted by Crippen LogP contribution is 2.44. The van der Waals surface area contributed by atoms with Gasteiger partial charge in [0.15, 0.2) is 11.5 Å². The van der Waals surface area contributed by atoms with E-state index in [0.717, 1.165) is 0 Å². The zero-order chi connectivity index (χ0) is 31.1. The Kier molecular flexibility index (Phi) is 1.61. The normalized spacial score (nSPS) is 35.0. The molecule has 1 saturated heterocycles. The lowest BCUT2D eigenvalue weighted by atomic mass is 9.86. The first kappa shape index (κ1) is 8.10. The standard InChI is InChI=1S/C22H19N3O4/c1-24-10-19(26)25-16(22(24)27)9-14-13-4-2-3-5-15(13)23-20(14)21(25)12-6-7-17-18(8-12)29-11-28-17/h2-8,16,21,23H,9-11H2,1H3/t16-,21?/m1/s1/i1D3,2D,3D,4D,5D,9D2,10D2,11D2. The van der Waals surface area contributed by atoms with E-state index in [1.807, 2.05) is 0 Å². The average Bonchev–Trinajstić information content (AvgIpc) is 3.40. The lowest BCUT2D eigenvalue weighted by molar-refractivity contribution is -0.157. The fourth-order valence-electron chi connectivity index (χ4n) is 3.82. The summed E-state index contributed by atoms with van der Waals surface area (Å²) in [6.45, 7) is -9.51. The number of H-pyrrole nitrogens is 1. The predicted molar refractivity (Wildman–Crippen MR) is 105 cm³/mol. The molecule has 29 heavy (non-hydrogen) atoms. The van der Waals surface area contributed by atoms with Gasteiger partial charge in [0.1, 0.15) is 8.78 Å². The van der Waals surface area contributed by atoms with Crippen LogP contribution >= 0.6 is 0 Å². The predicted octanol–water partition coefficient (Wildman–Crippen LogP) is 2.21. The summed E-state index contributed by atoms with van der Waals surface area (Å²) in [4.78, 5) is 30.7. The molecule has 0 radical (unpaired) electrons. The quantitative estimate of drug-likeness (QED) is 0.677. The second-order valence-electron chi connectivity index (χ2n) is 6.60. The number of nitrogens with zero attached hydrogens (tertiary/aromatic N) is 2. The van der Waals surface area contributed by atoms with Crippen molar-refractivity contribution >= 4 is 22.7 Å². The van der Waals surface area contributed by atoms with E-state index in [-0.39, 0.29) is 38.6 Å². The summed E-state index contributed by atoms with van der Waals surface area (Å²) >= 11 is 0. The SMILES string of the molecule is [2H]c1c([2H])c([2H])c2c3c([nH]c2c1[2H])C(c1ccc2c(c1)OC([2H])([2H])O2)N1C(=O)C([2H])([2H])N(C([2H])([2H])[2H])C(=O)[C@H]1C3([2H])[2H]. The van der Waals surface area contributed by atoms with Gasteiger partial charge in [0, 0.05) is 36.8 Å². The Morgan fingerprint density at radius 2 is 2.10 bits per heavy atom. The second-order valence-corrected chi connectivity index (χ2v) is 6.60. The molecule has 0 aliphatic carbocycles. The molecule has 1 fully saturated rings. The number of hydrogen-bond donors (Lipinski definition) is 1. The molecule has 2 atom stereocenters. The second kappa shape index (κ2) is 5.76. The zero-order valence-corrected chi connectivity index (χ0v) is 14.4. The molecule has 2 aromatic carbocycles. The largest absolute Gasteiger partial charge is 0.454 e. The molecule has 1 aromatic heterocycles. The van der Waals surface area contributed by atoms with Crippen LogP contribution in [0.5, 0.6) is 11.5 Å². The Bertz CT molecular complexity index is 1730. The van der Waals surface area contributed by atoms with Gasteiger partial charge < -0.3 is 24.3 Å². The van der Waals surface area contributed by atoms with Crippen molar-refractivity contribution in [3.63, 3.8) is 0 Å². The van der Waals surface area contributed by atoms with E-state index in [9.17, 15) is 9.59 Å². The van der Waals surface area contributed by atoms with Gasteiger partial charge in [0.2, 0.25) is 18.6 Å². The molecule has 3 aromatic rings. The summed E-state index contributed by atoms with van der Waals surface area (Å²) in [6.07, 6.45) is -3.00. The number of fused-ring (bicyclic) bond motifs is 5. The summed E-state index contributed by atoms with van der Waals surface area (Å²) in [5.74, 6) is -3.35. The number of rotatable bonds is 1. The summed E-state index contributed by atoms with van der Waals surface area (Å²) < 4.78 is 117. The van der Waals surface area contributed by atoms with Crippen molar-refractivity contribution < 1.29 is 36.9 Å². The first-order valence-corrected chi connectivity index (χ1v) is 8.53. The maximum Gasteiger partial charge on any atom is 0.245 e. The fraction of sp³-hybridized carbons (Fsp3) is 0.273. The van der Waals surface area contributed by atoms with Gasteiger partial charge in [-0.15, -0.1) is 0 Å². The number of aromatic amines is 1. The number of likely N-dealkylation sites (N-methyl/N-ethyl adjacent to an activating group) is 1. The van der Waals surface area contributed by atoms with Gasteiger partial charge in [-0.1, -0.05) is 24.2 Å². The van der Waals surface area contributed by atoms with Crippen molar-refractivity contribution in [1.29, 1.82) is 0 Å². The van der Waals surface area contributed by atoms with Crippen molar-refractivity contribution in [1.82, 2.24) is 14.8 Å². The number of para-hydroxylation sites is 1. The molecule has 3 aliphatic heterocycles. The highest BCUT2D eigenvalue weighted by Gasteiger charge is 2.47. The minimum absolute atomic E-state index is 0.0258. The third-order valence-electron chi connectivity index (χ3n) is 5.06. The van der Waals surface area contributed by atoms with Crippen LogP contribution in [0.1, 0.15) is 40.7 Å². The van der Waals surface area contributed by atoms with Crippen LogP contribution in [0.4, 0.5) is 0 Å². The average molecular weight is 402 g/mol. The van der Waals surface area contributed by atoms with Gasteiger partial charge in [-0.05, 0) is 29.3 Å². The van der Waals surface area contributed by atoms with E-state index in [1.54, 1.807) is 0 Å². The number of carbonyl (C=O) groups is 2. The molecular weight excluding hydrogens is 370 g/mol. The number of benzene rings is 2. The molecule has 0 saturated carbocycles. The van der Waals surface area contributed by atoms with E-state index in [0.29, 0.717) is 4.90 Å². The van der Waals surface area contributed by atoms with Crippen molar-refractivity contribution in [2.24, 2.45) is 0 Å². The monoisotopic (exact) mass is 402 g/mol. The van der Waals surface area contributed by atoms with Gasteiger partial charge in [0.25, 0.3) is 0 Å². The zero-order valence-electron chi connectivity index (χ0n) is 27.4. The van der Waals surface area contributed by atoms with Gasteiger partial charge in [-0.25, -0.2) is 0 Å². The molecule has 7 nitrogen and oxygen atoms in total. The van der Waals surface area contributed by atoms with Crippen molar-refractivity contribution in [3.05, 3.63) is 59.2 Å². The van der Waals surface area contributed by atoms with Crippen LogP contribution in [0.15, 0.2) is 42.4 Å². The maximum atomic E-state index is 13.8. The Hall–Kier alpha value is -3.48. The fourth-order valence-corrected chi connectivity index (χ4v) is 3.82. The van der Waals surface area contributed by atoms with Gasteiger partial charge in [0.05, 0.1) is 20.8 Å². The van der Waals surface area contributed by atoms with Crippen molar-refractivity contribution in [3.8, 4) is 11.5 Å². The Morgan fingerprint density at radius 1 is 1.24 bits per heavy atom. The number of nitrogens with one attached hydrogen (secondary N) is 1. The first-order valence-electron chi connectivity index (χ1n) is 15.0. The van der Waals surface area contributed by atoms with E-state index in [2.05, 4.69) is 4.98 Å². The lowest BCUT2D eigenvalue weighted by Gasteiger charge is -2.46. The number of piperazine rings is 1. The molecule has 7 heteroatoms. The number of amides is 2. The molecule has 1 unspecified atom stereocenters. The summed E-state index contributed by atoms with van der Waals surface area (Å²) in [5.41, 5.74) is -0.900. The van der Waals surface area contributed by atoms with Crippen LogP contribution in [-0.2, 0) is 16.0 Å². The Morgan fingerprint density at radius 3 is 3.00 bits per heavy atom. The molecule has 4 heterocycles. The molecule has 6 rings (SSSR count). The van der Waals surface area contributed by atoms with E-state index in [4.69, 9.17) is 27.3 Å². The Labute approximate surface area is 185 Å². The molecule has 0 bridgehead atoms. The molecule has 146 valence electrons. The van der Waals surface area contributed by atoms with Crippen LogP contribution in [0.3, 0.4) is 0 Å². The van der Waals surface area contributed by atoms with Crippen LogP contribution in [0, 0.1) is 0 Å². The summed E-state index contributed by atoms with van der Waals surface area (Å²) in [5, 5.41) is -0.336. The minimum Gasteiger partial charge on any atom is -0.454 e. The Balaban J connectivity index is 1.71. The molecule has 1 N–H and O–H groups in total. The van der Waals surface area contributed by atoms with E-state index >= 15 is 0 Å². The lowest BCUT2D eigenvalue weighted by Crippen LogP contribution is -2.62. The first-order chi connectivity index (χ1) is 19.2. The molecule has 0 spiro atoms. The topological polar surface area (TPSA) is 74.9 Å². The molecular formula is C22H19N3O4. The smallest absolute Gasteiger partial charge is 0.245 e. The highest BCUT2D eigenvalue weighted by atomic mass is 16.7. The van der Waals surface area contributed by atoms with Crippen LogP contribution in [0.2, 0.25) is 0 Å². The van der Waals surface area contributed by atoms with Gasteiger partial charge in [-0.2, -0.15) is 0 Å². The van der Waals surface area contributed by atoms with Crippen LogP contribution < -0.4 is 9.47 Å². The number of carbonyl (C=O) groups excluding carboxylic acids is 2. The number of ether oxygens (including phenoxy) is 2.